The number of carboxylic acids is 1. The van der Waals surface area contributed by atoms with Crippen molar-refractivity contribution < 1.29 is 19.1 Å². The molecule has 1 aromatic heterocycles. The molecule has 2 aromatic rings. The lowest BCUT2D eigenvalue weighted by atomic mass is 10.1. The van der Waals surface area contributed by atoms with Crippen molar-refractivity contribution in [3.63, 3.8) is 0 Å². The highest BCUT2D eigenvalue weighted by Gasteiger charge is 2.20. The zero-order valence-corrected chi connectivity index (χ0v) is 13.0. The van der Waals surface area contributed by atoms with Crippen LogP contribution in [0.15, 0.2) is 35.7 Å². The molecule has 116 valence electrons. The molecule has 0 aliphatic heterocycles. The fraction of sp³-hybridized carbons (Fsp3) is 0.200. The molecule has 2 N–H and O–H groups in total. The first kappa shape index (κ1) is 16.5. The van der Waals surface area contributed by atoms with Crippen molar-refractivity contribution in [3.05, 3.63) is 57.0 Å². The van der Waals surface area contributed by atoms with E-state index in [9.17, 15) is 14.0 Å². The highest BCUT2D eigenvalue weighted by molar-refractivity contribution is 7.10. The Morgan fingerprint density at radius 1 is 1.32 bits per heavy atom. The van der Waals surface area contributed by atoms with E-state index in [-0.39, 0.29) is 23.4 Å². The summed E-state index contributed by atoms with van der Waals surface area (Å²) in [6, 6.07) is 7.06. The third-order valence-corrected chi connectivity index (χ3v) is 4.34. The van der Waals surface area contributed by atoms with E-state index >= 15 is 0 Å². The summed E-state index contributed by atoms with van der Waals surface area (Å²) < 4.78 is 13.7. The Kier molecular flexibility index (Phi) is 5.51. The van der Waals surface area contributed by atoms with Gasteiger partial charge in [0, 0.05) is 15.5 Å². The molecule has 4 nitrogen and oxygen atoms in total. The predicted octanol–water partition coefficient (Wildman–Crippen LogP) is 3.42. The van der Waals surface area contributed by atoms with Crippen LogP contribution in [0.2, 0.25) is 5.02 Å². The molecule has 0 radical (unpaired) electrons. The summed E-state index contributed by atoms with van der Waals surface area (Å²) in [5.41, 5.74) is 0.0990. The first-order chi connectivity index (χ1) is 10.5. The van der Waals surface area contributed by atoms with Crippen molar-refractivity contribution in [2.45, 2.75) is 18.9 Å². The van der Waals surface area contributed by atoms with Crippen molar-refractivity contribution >= 4 is 34.8 Å². The Labute approximate surface area is 135 Å². The van der Waals surface area contributed by atoms with Gasteiger partial charge in [-0.05, 0) is 23.6 Å². The van der Waals surface area contributed by atoms with Crippen molar-refractivity contribution in [2.75, 3.05) is 0 Å². The number of amides is 1. The Morgan fingerprint density at radius 2 is 2.09 bits per heavy atom. The van der Waals surface area contributed by atoms with Crippen LogP contribution in [-0.2, 0) is 16.0 Å². The third-order valence-electron chi connectivity index (χ3n) is 3.00. The second-order valence-electron chi connectivity index (χ2n) is 4.61. The van der Waals surface area contributed by atoms with Crippen molar-refractivity contribution in [3.8, 4) is 0 Å². The van der Waals surface area contributed by atoms with Crippen LogP contribution < -0.4 is 5.32 Å². The van der Waals surface area contributed by atoms with Crippen LogP contribution in [0.5, 0.6) is 0 Å². The van der Waals surface area contributed by atoms with Gasteiger partial charge in [0.2, 0.25) is 5.91 Å². The fourth-order valence-electron chi connectivity index (χ4n) is 1.99. The van der Waals surface area contributed by atoms with Gasteiger partial charge in [0.15, 0.2) is 0 Å². The van der Waals surface area contributed by atoms with Gasteiger partial charge in [0.1, 0.15) is 5.82 Å². The van der Waals surface area contributed by atoms with Crippen molar-refractivity contribution in [1.82, 2.24) is 5.32 Å². The van der Waals surface area contributed by atoms with E-state index in [1.165, 1.54) is 29.5 Å². The van der Waals surface area contributed by atoms with Gasteiger partial charge < -0.3 is 10.4 Å². The second-order valence-corrected chi connectivity index (χ2v) is 6.00. The summed E-state index contributed by atoms with van der Waals surface area (Å²) in [5.74, 6) is -2.07. The highest BCUT2D eigenvalue weighted by atomic mass is 35.5. The number of aliphatic carboxylic acids is 1. The largest absolute Gasteiger partial charge is 0.481 e. The van der Waals surface area contributed by atoms with E-state index < -0.39 is 23.7 Å². The normalized spacial score (nSPS) is 11.9. The topological polar surface area (TPSA) is 66.4 Å². The van der Waals surface area contributed by atoms with Gasteiger partial charge in [0.25, 0.3) is 0 Å². The van der Waals surface area contributed by atoms with Crippen LogP contribution in [0.3, 0.4) is 0 Å². The summed E-state index contributed by atoms with van der Waals surface area (Å²) in [4.78, 5) is 23.7. The number of carboxylic acid groups (broad SMARTS) is 1. The molecule has 0 bridgehead atoms. The molecule has 0 fully saturated rings. The van der Waals surface area contributed by atoms with E-state index in [0.717, 1.165) is 4.88 Å². The summed E-state index contributed by atoms with van der Waals surface area (Å²) in [6.07, 6.45) is -0.482. The molecule has 1 unspecified atom stereocenters. The Bertz CT molecular complexity index is 655. The summed E-state index contributed by atoms with van der Waals surface area (Å²) >= 11 is 7.23. The van der Waals surface area contributed by atoms with Crippen LogP contribution in [0.4, 0.5) is 4.39 Å². The lowest BCUT2D eigenvalue weighted by molar-refractivity contribution is -0.137. The average Bonchev–Trinajstić information content (AvgIpc) is 2.96. The second kappa shape index (κ2) is 7.38. The number of thiophene rings is 1. The Balaban J connectivity index is 2.10. The standard InChI is InChI=1S/C15H13ClFNO3S/c16-10-3-1-4-11(17)9(10)7-14(19)18-12(8-15(20)21)13-5-2-6-22-13/h1-6,12H,7-8H2,(H,18,19)(H,20,21). The molecule has 2 rings (SSSR count). The highest BCUT2D eigenvalue weighted by Crippen LogP contribution is 2.23. The number of carbonyl (C=O) groups excluding carboxylic acids is 1. The minimum absolute atomic E-state index is 0.0990. The zero-order valence-electron chi connectivity index (χ0n) is 11.4. The summed E-state index contributed by atoms with van der Waals surface area (Å²) in [7, 11) is 0. The van der Waals surface area contributed by atoms with Crippen molar-refractivity contribution in [2.24, 2.45) is 0 Å². The minimum atomic E-state index is -1.03. The van der Waals surface area contributed by atoms with Gasteiger partial charge in [-0.15, -0.1) is 11.3 Å². The van der Waals surface area contributed by atoms with Crippen molar-refractivity contribution in [1.29, 1.82) is 0 Å². The number of benzene rings is 1. The maximum absolute atomic E-state index is 13.7. The van der Waals surface area contributed by atoms with Crippen LogP contribution in [0.25, 0.3) is 0 Å². The zero-order chi connectivity index (χ0) is 16.1. The van der Waals surface area contributed by atoms with Gasteiger partial charge in [-0.25, -0.2) is 4.39 Å². The van der Waals surface area contributed by atoms with Gasteiger partial charge in [-0.2, -0.15) is 0 Å². The van der Waals surface area contributed by atoms with E-state index in [4.69, 9.17) is 16.7 Å². The predicted molar refractivity (Wildman–Crippen MR) is 82.6 cm³/mol. The maximum Gasteiger partial charge on any atom is 0.305 e. The molecule has 1 atom stereocenters. The number of carbonyl (C=O) groups is 2. The lowest BCUT2D eigenvalue weighted by Crippen LogP contribution is -2.31. The van der Waals surface area contributed by atoms with Gasteiger partial charge in [-0.1, -0.05) is 23.7 Å². The maximum atomic E-state index is 13.7. The molecule has 0 aliphatic rings. The Morgan fingerprint density at radius 3 is 2.68 bits per heavy atom. The molecule has 22 heavy (non-hydrogen) atoms. The molecule has 0 aliphatic carbocycles. The molecule has 0 saturated heterocycles. The van der Waals surface area contributed by atoms with Crippen LogP contribution in [-0.4, -0.2) is 17.0 Å². The van der Waals surface area contributed by atoms with Gasteiger partial charge in [0.05, 0.1) is 18.9 Å². The summed E-state index contributed by atoms with van der Waals surface area (Å²) in [5, 5.41) is 13.5. The van der Waals surface area contributed by atoms with E-state index in [0.29, 0.717) is 0 Å². The van der Waals surface area contributed by atoms with Gasteiger partial charge in [-0.3, -0.25) is 9.59 Å². The SMILES string of the molecule is O=C(O)CC(NC(=O)Cc1c(F)cccc1Cl)c1cccs1. The van der Waals surface area contributed by atoms with Gasteiger partial charge >= 0.3 is 5.97 Å². The molecule has 0 saturated carbocycles. The van der Waals surface area contributed by atoms with Crippen LogP contribution in [0, 0.1) is 5.82 Å². The Hall–Kier alpha value is -1.92. The van der Waals surface area contributed by atoms with E-state index in [1.807, 2.05) is 0 Å². The smallest absolute Gasteiger partial charge is 0.305 e. The minimum Gasteiger partial charge on any atom is -0.481 e. The first-order valence-corrected chi connectivity index (χ1v) is 7.70. The average molecular weight is 342 g/mol. The molecule has 1 amide bonds. The lowest BCUT2D eigenvalue weighted by Gasteiger charge is -2.16. The summed E-state index contributed by atoms with van der Waals surface area (Å²) in [6.45, 7) is 0. The molecule has 0 spiro atoms. The number of rotatable bonds is 6. The van der Waals surface area contributed by atoms with E-state index in [1.54, 1.807) is 17.5 Å². The molecular formula is C15H13ClFNO3S. The number of nitrogens with one attached hydrogen (secondary N) is 1. The first-order valence-electron chi connectivity index (χ1n) is 6.45. The molecular weight excluding hydrogens is 329 g/mol. The molecule has 1 heterocycles. The monoisotopic (exact) mass is 341 g/mol. The molecule has 1 aromatic carbocycles. The van der Waals surface area contributed by atoms with Crippen LogP contribution >= 0.6 is 22.9 Å². The fourth-order valence-corrected chi connectivity index (χ4v) is 3.00. The third kappa shape index (κ3) is 4.29. The molecule has 7 heteroatoms. The van der Waals surface area contributed by atoms with E-state index in [2.05, 4.69) is 5.32 Å². The number of halogens is 2. The number of hydrogen-bond donors (Lipinski definition) is 2. The number of hydrogen-bond acceptors (Lipinski definition) is 3. The van der Waals surface area contributed by atoms with Crippen LogP contribution in [0.1, 0.15) is 22.9 Å². The quantitative estimate of drug-likeness (QED) is 0.846.